The Kier molecular flexibility index (Phi) is 6.67. The van der Waals surface area contributed by atoms with E-state index in [9.17, 15) is 4.79 Å². The van der Waals surface area contributed by atoms with E-state index in [0.29, 0.717) is 12.3 Å². The Morgan fingerprint density at radius 1 is 1.27 bits per heavy atom. The van der Waals surface area contributed by atoms with Gasteiger partial charge in [0.15, 0.2) is 0 Å². The zero-order valence-corrected chi connectivity index (χ0v) is 16.8. The highest BCUT2D eigenvalue weighted by Gasteiger charge is 2.20. The molecule has 0 bridgehead atoms. The van der Waals surface area contributed by atoms with Crippen molar-refractivity contribution in [2.75, 3.05) is 24.5 Å². The van der Waals surface area contributed by atoms with Crippen LogP contribution in [0.1, 0.15) is 30.5 Å². The van der Waals surface area contributed by atoms with Gasteiger partial charge in [0.05, 0.1) is 0 Å². The van der Waals surface area contributed by atoms with Crippen molar-refractivity contribution in [2.45, 2.75) is 32.6 Å². The van der Waals surface area contributed by atoms with Gasteiger partial charge in [-0.05, 0) is 55.9 Å². The predicted octanol–water partition coefficient (Wildman–Crippen LogP) is 4.12. The van der Waals surface area contributed by atoms with Crippen LogP contribution in [0.3, 0.4) is 0 Å². The van der Waals surface area contributed by atoms with E-state index in [1.807, 2.05) is 31.3 Å². The van der Waals surface area contributed by atoms with Crippen molar-refractivity contribution in [1.29, 1.82) is 0 Å². The van der Waals surface area contributed by atoms with Crippen molar-refractivity contribution in [3.63, 3.8) is 0 Å². The first kappa shape index (κ1) is 18.9. The minimum atomic E-state index is 0.146. The monoisotopic (exact) mass is 415 g/mol. The topological polar surface area (TPSA) is 45.2 Å². The Balaban J connectivity index is 1.38. The summed E-state index contributed by atoms with van der Waals surface area (Å²) < 4.78 is 1.08. The van der Waals surface area contributed by atoms with Gasteiger partial charge >= 0.3 is 0 Å². The molecule has 1 N–H and O–H groups in total. The van der Waals surface area contributed by atoms with Crippen LogP contribution >= 0.6 is 15.9 Å². The summed E-state index contributed by atoms with van der Waals surface area (Å²) in [4.78, 5) is 18.8. The smallest absolute Gasteiger partial charge is 0.220 e. The van der Waals surface area contributed by atoms with Gasteiger partial charge in [0.25, 0.3) is 0 Å². The van der Waals surface area contributed by atoms with Crippen LogP contribution in [0, 0.1) is 12.8 Å². The number of hydrogen-bond acceptors (Lipinski definition) is 3. The fourth-order valence-corrected chi connectivity index (χ4v) is 3.90. The van der Waals surface area contributed by atoms with Crippen molar-refractivity contribution in [3.05, 3.63) is 58.3 Å². The molecular formula is C21H26BrN3O. The Morgan fingerprint density at radius 2 is 2.04 bits per heavy atom. The second-order valence-corrected chi connectivity index (χ2v) is 7.84. The highest BCUT2D eigenvalue weighted by Crippen LogP contribution is 2.23. The van der Waals surface area contributed by atoms with Crippen LogP contribution in [0.25, 0.3) is 0 Å². The van der Waals surface area contributed by atoms with E-state index in [-0.39, 0.29) is 5.91 Å². The summed E-state index contributed by atoms with van der Waals surface area (Å²) in [7, 11) is 0. The molecule has 1 saturated heterocycles. The summed E-state index contributed by atoms with van der Waals surface area (Å²) >= 11 is 3.54. The van der Waals surface area contributed by atoms with Crippen molar-refractivity contribution < 1.29 is 4.79 Å². The molecule has 4 nitrogen and oxygen atoms in total. The summed E-state index contributed by atoms with van der Waals surface area (Å²) in [6, 6.07) is 12.3. The number of nitrogens with zero attached hydrogens (tertiary/aromatic N) is 2. The summed E-state index contributed by atoms with van der Waals surface area (Å²) in [6.45, 7) is 4.90. The number of aromatic nitrogens is 1. The van der Waals surface area contributed by atoms with Crippen LogP contribution in [-0.4, -0.2) is 30.5 Å². The first-order valence-electron chi connectivity index (χ1n) is 9.29. The molecule has 0 radical (unpaired) electrons. The van der Waals surface area contributed by atoms with Crippen LogP contribution < -0.4 is 10.2 Å². The van der Waals surface area contributed by atoms with E-state index in [1.165, 1.54) is 11.3 Å². The number of nitrogens with one attached hydrogen (secondary N) is 1. The first-order chi connectivity index (χ1) is 12.6. The third-order valence-corrected chi connectivity index (χ3v) is 5.80. The maximum Gasteiger partial charge on any atom is 0.220 e. The SMILES string of the molecule is Cc1cc(N2CCC(CNC(=O)CCc3ccccc3Br)CC2)ccn1. The van der Waals surface area contributed by atoms with Gasteiger partial charge in [0, 0.05) is 48.1 Å². The van der Waals surface area contributed by atoms with Crippen LogP contribution in [0.5, 0.6) is 0 Å². The van der Waals surface area contributed by atoms with Gasteiger partial charge in [-0.1, -0.05) is 34.1 Å². The number of anilines is 1. The van der Waals surface area contributed by atoms with E-state index >= 15 is 0 Å². The minimum Gasteiger partial charge on any atom is -0.371 e. The summed E-state index contributed by atoms with van der Waals surface area (Å²) in [5.41, 5.74) is 3.50. The number of amides is 1. The lowest BCUT2D eigenvalue weighted by Crippen LogP contribution is -2.38. The largest absolute Gasteiger partial charge is 0.371 e. The molecule has 26 heavy (non-hydrogen) atoms. The molecule has 0 aliphatic carbocycles. The fraction of sp³-hybridized carbons (Fsp3) is 0.429. The normalized spacial score (nSPS) is 15.1. The molecule has 3 rings (SSSR count). The standard InChI is InChI=1S/C21H26BrN3O/c1-16-14-19(8-11-23-16)25-12-9-17(10-13-25)15-24-21(26)7-6-18-4-2-3-5-20(18)22/h2-5,8,11,14,17H,6-7,9-10,12-13,15H2,1H3,(H,24,26). The lowest BCUT2D eigenvalue weighted by molar-refractivity contribution is -0.121. The molecule has 2 heterocycles. The van der Waals surface area contributed by atoms with Crippen molar-refractivity contribution >= 4 is 27.5 Å². The Hall–Kier alpha value is -1.88. The van der Waals surface area contributed by atoms with E-state index < -0.39 is 0 Å². The quantitative estimate of drug-likeness (QED) is 0.771. The zero-order valence-electron chi connectivity index (χ0n) is 15.2. The number of carbonyl (C=O) groups is 1. The highest BCUT2D eigenvalue weighted by atomic mass is 79.9. The third-order valence-electron chi connectivity index (χ3n) is 5.03. The Bertz CT molecular complexity index is 742. The maximum atomic E-state index is 12.1. The molecule has 1 aliphatic rings. The molecular weight excluding hydrogens is 390 g/mol. The number of benzene rings is 1. The van der Waals surface area contributed by atoms with E-state index in [2.05, 4.69) is 49.3 Å². The van der Waals surface area contributed by atoms with Gasteiger partial charge in [0.1, 0.15) is 0 Å². The van der Waals surface area contributed by atoms with Gasteiger partial charge < -0.3 is 10.2 Å². The maximum absolute atomic E-state index is 12.1. The highest BCUT2D eigenvalue weighted by molar-refractivity contribution is 9.10. The molecule has 0 spiro atoms. The molecule has 0 atom stereocenters. The van der Waals surface area contributed by atoms with Crippen LogP contribution in [0.2, 0.25) is 0 Å². The number of pyridine rings is 1. The van der Waals surface area contributed by atoms with Crippen LogP contribution in [0.15, 0.2) is 47.1 Å². The summed E-state index contributed by atoms with van der Waals surface area (Å²) in [6.07, 6.45) is 5.42. The van der Waals surface area contributed by atoms with Crippen molar-refractivity contribution in [1.82, 2.24) is 10.3 Å². The summed E-state index contributed by atoms with van der Waals surface area (Å²) in [5, 5.41) is 3.12. The molecule has 138 valence electrons. The molecule has 1 aromatic carbocycles. The van der Waals surface area contributed by atoms with Gasteiger partial charge in [0.2, 0.25) is 5.91 Å². The fourth-order valence-electron chi connectivity index (χ4n) is 3.42. The number of piperidine rings is 1. The first-order valence-corrected chi connectivity index (χ1v) is 10.1. The van der Waals surface area contributed by atoms with Gasteiger partial charge in [-0.2, -0.15) is 0 Å². The Morgan fingerprint density at radius 3 is 2.77 bits per heavy atom. The van der Waals surface area contributed by atoms with Crippen molar-refractivity contribution in [3.8, 4) is 0 Å². The van der Waals surface area contributed by atoms with Gasteiger partial charge in [-0.15, -0.1) is 0 Å². The molecule has 5 heteroatoms. The van der Waals surface area contributed by atoms with Gasteiger partial charge in [-0.25, -0.2) is 0 Å². The average molecular weight is 416 g/mol. The predicted molar refractivity (Wildman–Crippen MR) is 109 cm³/mol. The summed E-state index contributed by atoms with van der Waals surface area (Å²) in [5.74, 6) is 0.717. The molecule has 1 amide bonds. The second-order valence-electron chi connectivity index (χ2n) is 6.98. The van der Waals surface area contributed by atoms with E-state index in [4.69, 9.17) is 0 Å². The second kappa shape index (κ2) is 9.17. The molecule has 2 aromatic rings. The number of carbonyl (C=O) groups excluding carboxylic acids is 1. The number of hydrogen-bond donors (Lipinski definition) is 1. The van der Waals surface area contributed by atoms with E-state index in [0.717, 1.165) is 49.1 Å². The third kappa shape index (κ3) is 5.31. The van der Waals surface area contributed by atoms with Crippen molar-refractivity contribution in [2.24, 2.45) is 5.92 Å². The number of aryl methyl sites for hydroxylation is 2. The lowest BCUT2D eigenvalue weighted by atomic mass is 9.96. The molecule has 1 aromatic heterocycles. The number of halogens is 1. The number of rotatable bonds is 6. The zero-order chi connectivity index (χ0) is 18.4. The minimum absolute atomic E-state index is 0.146. The molecule has 1 fully saturated rings. The van der Waals surface area contributed by atoms with Gasteiger partial charge in [-0.3, -0.25) is 9.78 Å². The van der Waals surface area contributed by atoms with Crippen LogP contribution in [-0.2, 0) is 11.2 Å². The van der Waals surface area contributed by atoms with Crippen LogP contribution in [0.4, 0.5) is 5.69 Å². The molecule has 1 aliphatic heterocycles. The average Bonchev–Trinajstić information content (AvgIpc) is 2.66. The Labute approximate surface area is 164 Å². The van der Waals surface area contributed by atoms with E-state index in [1.54, 1.807) is 0 Å². The molecule has 0 saturated carbocycles. The lowest BCUT2D eigenvalue weighted by Gasteiger charge is -2.33. The molecule has 0 unspecified atom stereocenters.